The van der Waals surface area contributed by atoms with E-state index in [-0.39, 0.29) is 0 Å². The van der Waals surface area contributed by atoms with Crippen molar-refractivity contribution in [2.24, 2.45) is 10.7 Å². The summed E-state index contributed by atoms with van der Waals surface area (Å²) in [4.78, 5) is 10.8. The van der Waals surface area contributed by atoms with E-state index in [9.17, 15) is 0 Å². The van der Waals surface area contributed by atoms with Gasteiger partial charge in [0.05, 0.1) is 6.54 Å². The van der Waals surface area contributed by atoms with Crippen molar-refractivity contribution in [3.05, 3.63) is 36.5 Å². The Morgan fingerprint density at radius 2 is 2.39 bits per heavy atom. The Kier molecular flexibility index (Phi) is 4.72. The average Bonchev–Trinajstić information content (AvgIpc) is 2.41. The highest BCUT2D eigenvalue weighted by Gasteiger charge is 2.04. The van der Waals surface area contributed by atoms with Crippen molar-refractivity contribution >= 4 is 11.8 Å². The lowest BCUT2D eigenvalue weighted by molar-refractivity contribution is 0.307. The summed E-state index contributed by atoms with van der Waals surface area (Å²) in [6.45, 7) is 3.77. The second-order valence-electron chi connectivity index (χ2n) is 4.17. The minimum absolute atomic E-state index is 0.418. The number of hydrogen-bond acceptors (Lipinski definition) is 3. The summed E-state index contributed by atoms with van der Waals surface area (Å²) < 4.78 is 0. The van der Waals surface area contributed by atoms with Crippen molar-refractivity contribution in [1.29, 1.82) is 0 Å². The molecule has 18 heavy (non-hydrogen) atoms. The third-order valence-electron chi connectivity index (χ3n) is 2.76. The highest BCUT2D eigenvalue weighted by atomic mass is 15.2. The number of nitrogens with one attached hydrogen (secondary N) is 1. The Hall–Kier alpha value is -1.88. The normalized spacial score (nSPS) is 16.8. The molecule has 3 N–H and O–H groups in total. The van der Waals surface area contributed by atoms with Crippen LogP contribution in [0.5, 0.6) is 0 Å². The van der Waals surface area contributed by atoms with E-state index in [0.29, 0.717) is 12.5 Å². The molecule has 0 saturated carbocycles. The molecule has 2 heterocycles. The van der Waals surface area contributed by atoms with Gasteiger partial charge in [-0.25, -0.2) is 4.98 Å². The van der Waals surface area contributed by atoms with Crippen LogP contribution in [0.4, 0.5) is 5.82 Å². The molecule has 0 radical (unpaired) electrons. The summed E-state index contributed by atoms with van der Waals surface area (Å²) in [5.74, 6) is 1.14. The molecule has 1 aromatic rings. The molecule has 0 bridgehead atoms. The molecule has 0 amide bonds. The van der Waals surface area contributed by atoms with Crippen LogP contribution in [0.25, 0.3) is 0 Å². The standard InChI is InChI=1S/C13H19N5/c14-13(17-12-6-2-3-7-15-12)16-8-11-18-9-4-1-5-10-18/h1-4,6-7H,5,8-11H2,(H3,14,15,16,17). The van der Waals surface area contributed by atoms with Gasteiger partial charge in [-0.2, -0.15) is 0 Å². The van der Waals surface area contributed by atoms with Gasteiger partial charge in [-0.3, -0.25) is 9.89 Å². The van der Waals surface area contributed by atoms with Gasteiger partial charge in [0, 0.05) is 25.8 Å². The van der Waals surface area contributed by atoms with Crippen molar-refractivity contribution in [2.45, 2.75) is 6.42 Å². The summed E-state index contributed by atoms with van der Waals surface area (Å²) in [5, 5.41) is 2.96. The number of pyridine rings is 1. The summed E-state index contributed by atoms with van der Waals surface area (Å²) in [6.07, 6.45) is 7.26. The molecule has 5 heteroatoms. The maximum Gasteiger partial charge on any atom is 0.194 e. The Bertz CT molecular complexity index is 413. The van der Waals surface area contributed by atoms with Crippen LogP contribution in [0.3, 0.4) is 0 Å². The fraction of sp³-hybridized carbons (Fsp3) is 0.385. The van der Waals surface area contributed by atoms with Crippen molar-refractivity contribution < 1.29 is 0 Å². The number of nitrogens with zero attached hydrogens (tertiary/aromatic N) is 3. The van der Waals surface area contributed by atoms with E-state index in [1.807, 2.05) is 18.2 Å². The molecule has 0 atom stereocenters. The van der Waals surface area contributed by atoms with Gasteiger partial charge in [-0.15, -0.1) is 0 Å². The van der Waals surface area contributed by atoms with Gasteiger partial charge < -0.3 is 11.1 Å². The van der Waals surface area contributed by atoms with E-state index in [1.165, 1.54) is 0 Å². The molecule has 2 rings (SSSR count). The summed E-state index contributed by atoms with van der Waals surface area (Å²) in [6, 6.07) is 5.63. The average molecular weight is 245 g/mol. The predicted molar refractivity (Wildman–Crippen MR) is 74.5 cm³/mol. The summed E-state index contributed by atoms with van der Waals surface area (Å²) >= 11 is 0. The quantitative estimate of drug-likeness (QED) is 0.473. The smallest absolute Gasteiger partial charge is 0.194 e. The van der Waals surface area contributed by atoms with Crippen LogP contribution in [-0.4, -0.2) is 42.0 Å². The van der Waals surface area contributed by atoms with Gasteiger partial charge in [-0.05, 0) is 18.6 Å². The van der Waals surface area contributed by atoms with Crippen LogP contribution in [0, 0.1) is 0 Å². The van der Waals surface area contributed by atoms with E-state index in [2.05, 4.69) is 32.3 Å². The first-order valence-corrected chi connectivity index (χ1v) is 6.20. The molecule has 0 spiro atoms. The fourth-order valence-electron chi connectivity index (χ4n) is 1.81. The molecule has 0 fully saturated rings. The Morgan fingerprint density at radius 1 is 1.44 bits per heavy atom. The third-order valence-corrected chi connectivity index (χ3v) is 2.76. The van der Waals surface area contributed by atoms with Gasteiger partial charge in [0.15, 0.2) is 5.96 Å². The Morgan fingerprint density at radius 3 is 3.11 bits per heavy atom. The van der Waals surface area contributed by atoms with Crippen LogP contribution in [0.15, 0.2) is 41.5 Å². The molecule has 1 aromatic heterocycles. The first kappa shape index (κ1) is 12.6. The molecule has 1 aliphatic heterocycles. The van der Waals surface area contributed by atoms with Gasteiger partial charge in [0.1, 0.15) is 5.82 Å². The van der Waals surface area contributed by atoms with Crippen molar-refractivity contribution in [3.63, 3.8) is 0 Å². The minimum atomic E-state index is 0.418. The second-order valence-corrected chi connectivity index (χ2v) is 4.17. The van der Waals surface area contributed by atoms with Crippen molar-refractivity contribution in [3.8, 4) is 0 Å². The lowest BCUT2D eigenvalue weighted by Gasteiger charge is -2.21. The topological polar surface area (TPSA) is 66.5 Å². The van der Waals surface area contributed by atoms with E-state index < -0.39 is 0 Å². The number of rotatable bonds is 4. The third kappa shape index (κ3) is 4.18. The molecule has 5 nitrogen and oxygen atoms in total. The number of aliphatic imine (C=N–C) groups is 1. The minimum Gasteiger partial charge on any atom is -0.370 e. The Labute approximate surface area is 107 Å². The van der Waals surface area contributed by atoms with E-state index >= 15 is 0 Å². The van der Waals surface area contributed by atoms with E-state index in [4.69, 9.17) is 5.73 Å². The van der Waals surface area contributed by atoms with E-state index in [0.717, 1.165) is 31.9 Å². The SMILES string of the molecule is NC(=NCCN1CC=CCC1)Nc1ccccn1. The lowest BCUT2D eigenvalue weighted by Crippen LogP contribution is -2.31. The van der Waals surface area contributed by atoms with Gasteiger partial charge in [0.25, 0.3) is 0 Å². The first-order chi connectivity index (χ1) is 8.84. The molecular weight excluding hydrogens is 226 g/mol. The highest BCUT2D eigenvalue weighted by molar-refractivity contribution is 5.91. The van der Waals surface area contributed by atoms with Gasteiger partial charge in [0.2, 0.25) is 0 Å². The summed E-state index contributed by atoms with van der Waals surface area (Å²) in [5.41, 5.74) is 5.79. The molecule has 1 aliphatic rings. The molecule has 0 unspecified atom stereocenters. The number of anilines is 1. The fourth-order valence-corrected chi connectivity index (χ4v) is 1.81. The van der Waals surface area contributed by atoms with Crippen molar-refractivity contribution in [2.75, 3.05) is 31.5 Å². The lowest BCUT2D eigenvalue weighted by atomic mass is 10.2. The Balaban J connectivity index is 1.73. The zero-order valence-electron chi connectivity index (χ0n) is 10.4. The number of aromatic nitrogens is 1. The maximum atomic E-state index is 5.79. The zero-order valence-corrected chi connectivity index (χ0v) is 10.4. The monoisotopic (exact) mass is 245 g/mol. The molecule has 96 valence electrons. The highest BCUT2D eigenvalue weighted by Crippen LogP contribution is 2.01. The van der Waals surface area contributed by atoms with Gasteiger partial charge in [-0.1, -0.05) is 18.2 Å². The first-order valence-electron chi connectivity index (χ1n) is 6.20. The number of hydrogen-bond donors (Lipinski definition) is 2. The number of nitrogens with two attached hydrogens (primary N) is 1. The maximum absolute atomic E-state index is 5.79. The van der Waals surface area contributed by atoms with Crippen LogP contribution in [0.1, 0.15) is 6.42 Å². The zero-order chi connectivity index (χ0) is 12.6. The molecular formula is C13H19N5. The van der Waals surface area contributed by atoms with Crippen LogP contribution in [-0.2, 0) is 0 Å². The molecule has 0 aliphatic carbocycles. The largest absolute Gasteiger partial charge is 0.370 e. The van der Waals surface area contributed by atoms with Crippen LogP contribution in [0.2, 0.25) is 0 Å². The van der Waals surface area contributed by atoms with Crippen LogP contribution >= 0.6 is 0 Å². The van der Waals surface area contributed by atoms with E-state index in [1.54, 1.807) is 6.20 Å². The second kappa shape index (κ2) is 6.76. The molecule has 0 aromatic carbocycles. The number of guanidine groups is 1. The molecule has 0 saturated heterocycles. The summed E-state index contributed by atoms with van der Waals surface area (Å²) in [7, 11) is 0. The van der Waals surface area contributed by atoms with Gasteiger partial charge >= 0.3 is 0 Å². The predicted octanol–water partition coefficient (Wildman–Crippen LogP) is 1.07. The van der Waals surface area contributed by atoms with Crippen LogP contribution < -0.4 is 11.1 Å². The van der Waals surface area contributed by atoms with Crippen molar-refractivity contribution in [1.82, 2.24) is 9.88 Å².